The van der Waals surface area contributed by atoms with Gasteiger partial charge in [0.15, 0.2) is 0 Å². The van der Waals surface area contributed by atoms with Gasteiger partial charge in [-0.25, -0.2) is 4.39 Å². The predicted molar refractivity (Wildman–Crippen MR) is 46.1 cm³/mol. The fourth-order valence-corrected chi connectivity index (χ4v) is 1.07. The largest absolute Gasteiger partial charge is 0.507 e. The molecule has 0 aliphatic heterocycles. The van der Waals surface area contributed by atoms with Gasteiger partial charge in [-0.05, 0) is 12.1 Å². The van der Waals surface area contributed by atoms with E-state index in [0.717, 1.165) is 18.2 Å². The van der Waals surface area contributed by atoms with Crippen LogP contribution in [0.15, 0.2) is 18.2 Å². The van der Waals surface area contributed by atoms with Crippen LogP contribution in [0.3, 0.4) is 0 Å². The van der Waals surface area contributed by atoms with Crippen molar-refractivity contribution in [2.45, 2.75) is 12.2 Å². The van der Waals surface area contributed by atoms with Crippen molar-refractivity contribution in [1.82, 2.24) is 0 Å². The summed E-state index contributed by atoms with van der Waals surface area (Å²) in [6.45, 7) is -0.641. The van der Waals surface area contributed by atoms with Crippen molar-refractivity contribution in [3.8, 4) is 5.75 Å². The quantitative estimate of drug-likeness (QED) is 0.552. The Hall–Kier alpha value is -1.17. The highest BCUT2D eigenvalue weighted by molar-refractivity contribution is 5.34. The van der Waals surface area contributed by atoms with E-state index in [4.69, 9.17) is 10.2 Å². The SMILES string of the molecule is OCC(O)C(O)c1ccc(F)cc1O. The Morgan fingerprint density at radius 3 is 2.43 bits per heavy atom. The molecule has 1 aromatic rings. The second-order valence-electron chi connectivity index (χ2n) is 2.90. The van der Waals surface area contributed by atoms with Gasteiger partial charge in [-0.2, -0.15) is 0 Å². The van der Waals surface area contributed by atoms with Crippen molar-refractivity contribution < 1.29 is 24.8 Å². The molecule has 0 aromatic heterocycles. The zero-order valence-electron chi connectivity index (χ0n) is 7.26. The molecule has 2 atom stereocenters. The molecular weight excluding hydrogens is 191 g/mol. The van der Waals surface area contributed by atoms with Gasteiger partial charge in [0, 0.05) is 11.6 Å². The summed E-state index contributed by atoms with van der Waals surface area (Å²) >= 11 is 0. The molecule has 78 valence electrons. The summed E-state index contributed by atoms with van der Waals surface area (Å²) in [6, 6.07) is 3.01. The Labute approximate surface area is 79.9 Å². The molecule has 0 radical (unpaired) electrons. The first-order valence-corrected chi connectivity index (χ1v) is 4.01. The van der Waals surface area contributed by atoms with Crippen molar-refractivity contribution in [2.24, 2.45) is 0 Å². The highest BCUT2D eigenvalue weighted by Gasteiger charge is 2.20. The van der Waals surface area contributed by atoms with E-state index in [1.165, 1.54) is 0 Å². The number of phenols is 1. The Balaban J connectivity index is 2.95. The van der Waals surface area contributed by atoms with E-state index < -0.39 is 30.4 Å². The van der Waals surface area contributed by atoms with Crippen LogP contribution in [0.2, 0.25) is 0 Å². The smallest absolute Gasteiger partial charge is 0.126 e. The van der Waals surface area contributed by atoms with Crippen LogP contribution in [-0.4, -0.2) is 33.1 Å². The van der Waals surface area contributed by atoms with Gasteiger partial charge in [0.25, 0.3) is 0 Å². The number of aliphatic hydroxyl groups excluding tert-OH is 3. The number of rotatable bonds is 3. The van der Waals surface area contributed by atoms with Crippen LogP contribution in [0.1, 0.15) is 11.7 Å². The zero-order chi connectivity index (χ0) is 10.7. The highest BCUT2D eigenvalue weighted by atomic mass is 19.1. The molecular formula is C9H11FO4. The molecule has 0 bridgehead atoms. The van der Waals surface area contributed by atoms with Gasteiger partial charge in [0.05, 0.1) is 6.61 Å². The van der Waals surface area contributed by atoms with E-state index in [1.54, 1.807) is 0 Å². The maximum atomic E-state index is 12.5. The maximum Gasteiger partial charge on any atom is 0.126 e. The van der Waals surface area contributed by atoms with E-state index in [9.17, 15) is 14.6 Å². The van der Waals surface area contributed by atoms with Crippen LogP contribution < -0.4 is 0 Å². The van der Waals surface area contributed by atoms with Gasteiger partial charge < -0.3 is 20.4 Å². The summed E-state index contributed by atoms with van der Waals surface area (Å²) in [4.78, 5) is 0. The standard InChI is InChI=1S/C9H11FO4/c10-5-1-2-6(7(12)3-5)9(14)8(13)4-11/h1-3,8-9,11-14H,4H2. The van der Waals surface area contributed by atoms with E-state index in [-0.39, 0.29) is 5.56 Å². The molecule has 4 N–H and O–H groups in total. The van der Waals surface area contributed by atoms with Crippen molar-refractivity contribution in [3.63, 3.8) is 0 Å². The summed E-state index contributed by atoms with van der Waals surface area (Å²) in [5.41, 5.74) is -0.0204. The second-order valence-corrected chi connectivity index (χ2v) is 2.90. The fraction of sp³-hybridized carbons (Fsp3) is 0.333. The predicted octanol–water partition coefficient (Wildman–Crippen LogP) is -0.0821. The first-order chi connectivity index (χ1) is 6.56. The highest BCUT2D eigenvalue weighted by Crippen LogP contribution is 2.26. The lowest BCUT2D eigenvalue weighted by molar-refractivity contribution is -0.0162. The summed E-state index contributed by atoms with van der Waals surface area (Å²) in [6.07, 6.45) is -2.83. The minimum absolute atomic E-state index is 0.0204. The lowest BCUT2D eigenvalue weighted by Gasteiger charge is -2.16. The third-order valence-electron chi connectivity index (χ3n) is 1.86. The monoisotopic (exact) mass is 202 g/mol. The molecule has 1 aromatic carbocycles. The molecule has 2 unspecified atom stereocenters. The number of aromatic hydroxyl groups is 1. The molecule has 0 saturated carbocycles. The summed E-state index contributed by atoms with van der Waals surface area (Å²) in [7, 11) is 0. The minimum atomic E-state index is -1.43. The lowest BCUT2D eigenvalue weighted by Crippen LogP contribution is -2.22. The summed E-state index contributed by atoms with van der Waals surface area (Å²) in [5, 5.41) is 36.2. The van der Waals surface area contributed by atoms with Crippen molar-refractivity contribution in [3.05, 3.63) is 29.6 Å². The van der Waals surface area contributed by atoms with Crippen LogP contribution >= 0.6 is 0 Å². The number of hydrogen-bond donors (Lipinski definition) is 4. The molecule has 4 nitrogen and oxygen atoms in total. The number of hydrogen-bond acceptors (Lipinski definition) is 4. The van der Waals surface area contributed by atoms with Crippen LogP contribution in [-0.2, 0) is 0 Å². The fourth-order valence-electron chi connectivity index (χ4n) is 1.07. The average Bonchev–Trinajstić information content (AvgIpc) is 2.15. The molecule has 0 saturated heterocycles. The van der Waals surface area contributed by atoms with Gasteiger partial charge in [-0.3, -0.25) is 0 Å². The number of benzene rings is 1. The molecule has 0 spiro atoms. The first-order valence-electron chi connectivity index (χ1n) is 4.01. The Morgan fingerprint density at radius 1 is 1.29 bits per heavy atom. The Morgan fingerprint density at radius 2 is 1.93 bits per heavy atom. The first kappa shape index (κ1) is 10.9. The molecule has 5 heteroatoms. The second kappa shape index (κ2) is 4.36. The van der Waals surface area contributed by atoms with Gasteiger partial charge in [-0.1, -0.05) is 0 Å². The molecule has 0 amide bonds. The van der Waals surface area contributed by atoms with Crippen molar-refractivity contribution in [1.29, 1.82) is 0 Å². The van der Waals surface area contributed by atoms with E-state index >= 15 is 0 Å². The number of halogens is 1. The van der Waals surface area contributed by atoms with Gasteiger partial charge >= 0.3 is 0 Å². The van der Waals surface area contributed by atoms with Crippen LogP contribution in [0, 0.1) is 5.82 Å². The van der Waals surface area contributed by atoms with E-state index in [1.807, 2.05) is 0 Å². The van der Waals surface area contributed by atoms with Crippen LogP contribution in [0.5, 0.6) is 5.75 Å². The van der Waals surface area contributed by atoms with Gasteiger partial charge in [0.1, 0.15) is 23.8 Å². The van der Waals surface area contributed by atoms with Gasteiger partial charge in [-0.15, -0.1) is 0 Å². The molecule has 0 aliphatic rings. The van der Waals surface area contributed by atoms with Crippen LogP contribution in [0.25, 0.3) is 0 Å². The number of aliphatic hydroxyl groups is 3. The molecule has 0 aliphatic carbocycles. The van der Waals surface area contributed by atoms with Crippen molar-refractivity contribution in [2.75, 3.05) is 6.61 Å². The third kappa shape index (κ3) is 2.20. The zero-order valence-corrected chi connectivity index (χ0v) is 7.26. The Bertz CT molecular complexity index is 316. The van der Waals surface area contributed by atoms with Gasteiger partial charge in [0.2, 0.25) is 0 Å². The lowest BCUT2D eigenvalue weighted by atomic mass is 10.0. The van der Waals surface area contributed by atoms with E-state index in [0.29, 0.717) is 0 Å². The summed E-state index contributed by atoms with van der Waals surface area (Å²) < 4.78 is 12.5. The normalized spacial score (nSPS) is 15.1. The molecule has 0 heterocycles. The van der Waals surface area contributed by atoms with Crippen LogP contribution in [0.4, 0.5) is 4.39 Å². The maximum absolute atomic E-state index is 12.5. The van der Waals surface area contributed by atoms with E-state index in [2.05, 4.69) is 0 Å². The Kier molecular flexibility index (Phi) is 3.40. The summed E-state index contributed by atoms with van der Waals surface area (Å²) in [5.74, 6) is -1.10. The molecule has 0 fully saturated rings. The number of phenolic OH excluding ortho intramolecular Hbond substituents is 1. The average molecular weight is 202 g/mol. The minimum Gasteiger partial charge on any atom is -0.507 e. The third-order valence-corrected chi connectivity index (χ3v) is 1.86. The topological polar surface area (TPSA) is 80.9 Å². The molecule has 14 heavy (non-hydrogen) atoms. The molecule has 1 rings (SSSR count). The van der Waals surface area contributed by atoms with Crippen molar-refractivity contribution >= 4 is 0 Å².